The van der Waals surface area contributed by atoms with Crippen LogP contribution in [0.4, 0.5) is 0 Å². The summed E-state index contributed by atoms with van der Waals surface area (Å²) in [7, 11) is 0. The summed E-state index contributed by atoms with van der Waals surface area (Å²) < 4.78 is 2.57. The van der Waals surface area contributed by atoms with Crippen LogP contribution in [0.3, 0.4) is 0 Å². The Morgan fingerprint density at radius 2 is 0.710 bits per heavy atom. The van der Waals surface area contributed by atoms with E-state index in [2.05, 4.69) is 13.8 Å². The third-order valence-electron chi connectivity index (χ3n) is 11.0. The first-order valence-corrected chi connectivity index (χ1v) is 18.7. The average molecular weight is 480 g/mol. The van der Waals surface area contributed by atoms with E-state index >= 15 is 0 Å². The quantitative estimate of drug-likeness (QED) is 0.303. The second-order valence-corrected chi connectivity index (χ2v) is 18.8. The molecule has 0 amide bonds. The van der Waals surface area contributed by atoms with Crippen molar-refractivity contribution in [3.05, 3.63) is 0 Å². The first-order valence-electron chi connectivity index (χ1n) is 15.2. The van der Waals surface area contributed by atoms with E-state index in [1.54, 1.807) is 103 Å². The van der Waals surface area contributed by atoms with Gasteiger partial charge in [-0.2, -0.15) is 0 Å². The maximum atomic E-state index is 2.38. The summed E-state index contributed by atoms with van der Waals surface area (Å²) in [4.78, 5) is 0. The second kappa shape index (κ2) is 12.9. The standard InChI is InChI=1S/2C15H27.Zn/c2*1-2-6-13-9-11-15(12-10-13)14-7-4-3-5-8-14;/h2*3,13-15H,2,4-12H2,1H3;/t2*13-,15-;. The maximum absolute atomic E-state index is 2.38. The molecule has 0 N–H and O–H groups in total. The molecule has 0 saturated heterocycles. The fourth-order valence-electron chi connectivity index (χ4n) is 8.98. The topological polar surface area (TPSA) is 0 Å². The zero-order valence-corrected chi connectivity index (χ0v) is 24.4. The Balaban J connectivity index is 1.10. The molecule has 31 heavy (non-hydrogen) atoms. The SMILES string of the molecule is CCC[C@H]1CC[C@H](C2CC[CH]([Zn][CH]3CCC([C@H]4CC[C@H](CCC)CC4)CC3)CC2)CC1. The fourth-order valence-corrected chi connectivity index (χ4v) is 14.9. The first-order chi connectivity index (χ1) is 15.2. The Kier molecular flexibility index (Phi) is 10.3. The van der Waals surface area contributed by atoms with Gasteiger partial charge < -0.3 is 0 Å². The molecule has 0 aromatic carbocycles. The first kappa shape index (κ1) is 24.7. The molecule has 0 aromatic heterocycles. The van der Waals surface area contributed by atoms with Crippen LogP contribution in [-0.2, 0) is 17.1 Å². The molecule has 0 aromatic rings. The van der Waals surface area contributed by atoms with Crippen LogP contribution in [0.2, 0.25) is 9.02 Å². The summed E-state index contributed by atoms with van der Waals surface area (Å²) in [6, 6.07) is 0. The molecule has 0 nitrogen and oxygen atoms in total. The average Bonchev–Trinajstić information content (AvgIpc) is 2.82. The molecule has 0 radical (unpaired) electrons. The van der Waals surface area contributed by atoms with Crippen molar-refractivity contribution in [3.63, 3.8) is 0 Å². The number of hydrogen-bond donors (Lipinski definition) is 0. The van der Waals surface area contributed by atoms with Gasteiger partial charge in [0, 0.05) is 0 Å². The van der Waals surface area contributed by atoms with Crippen LogP contribution in [0.25, 0.3) is 0 Å². The summed E-state index contributed by atoms with van der Waals surface area (Å²) in [6.45, 7) is 4.76. The Hall–Kier alpha value is 0.623. The predicted octanol–water partition coefficient (Wildman–Crippen LogP) is 10.2. The molecule has 1 heteroatoms. The van der Waals surface area contributed by atoms with Gasteiger partial charge in [-0.25, -0.2) is 0 Å². The minimum absolute atomic E-state index is 0.309. The molecule has 4 fully saturated rings. The van der Waals surface area contributed by atoms with E-state index < -0.39 is 0 Å². The van der Waals surface area contributed by atoms with Gasteiger partial charge in [-0.05, 0) is 0 Å². The van der Waals surface area contributed by atoms with Gasteiger partial charge in [-0.3, -0.25) is 0 Å². The van der Waals surface area contributed by atoms with Crippen LogP contribution in [-0.4, -0.2) is 0 Å². The van der Waals surface area contributed by atoms with Crippen LogP contribution in [0.15, 0.2) is 0 Å². The van der Waals surface area contributed by atoms with Crippen molar-refractivity contribution >= 4 is 0 Å². The zero-order valence-electron chi connectivity index (χ0n) is 21.5. The van der Waals surface area contributed by atoms with Gasteiger partial charge in [0.15, 0.2) is 0 Å². The molecular formula is C30H54Zn. The molecule has 0 unspecified atom stereocenters. The Labute approximate surface area is 203 Å². The fraction of sp³-hybridized carbons (Fsp3) is 1.00. The van der Waals surface area contributed by atoms with Crippen molar-refractivity contribution in [3.8, 4) is 0 Å². The third-order valence-corrected chi connectivity index (χ3v) is 17.2. The van der Waals surface area contributed by atoms with Crippen LogP contribution < -0.4 is 0 Å². The predicted molar refractivity (Wildman–Crippen MR) is 132 cm³/mol. The van der Waals surface area contributed by atoms with E-state index in [4.69, 9.17) is 0 Å². The number of rotatable bonds is 8. The van der Waals surface area contributed by atoms with Gasteiger partial charge in [-0.1, -0.05) is 0 Å². The molecule has 176 valence electrons. The molecular weight excluding hydrogens is 426 g/mol. The van der Waals surface area contributed by atoms with Crippen molar-refractivity contribution in [1.29, 1.82) is 0 Å². The van der Waals surface area contributed by atoms with Crippen LogP contribution in [0.1, 0.15) is 142 Å². The van der Waals surface area contributed by atoms with E-state index in [0.29, 0.717) is 0 Å². The molecule has 4 rings (SSSR count). The Bertz CT molecular complexity index is 425. The Morgan fingerprint density at radius 3 is 1.00 bits per heavy atom. The van der Waals surface area contributed by atoms with Crippen LogP contribution in [0.5, 0.6) is 0 Å². The summed E-state index contributed by atoms with van der Waals surface area (Å²) in [5.41, 5.74) is 0. The number of hydrogen-bond acceptors (Lipinski definition) is 0. The van der Waals surface area contributed by atoms with Crippen molar-refractivity contribution < 1.29 is 17.1 Å². The summed E-state index contributed by atoms with van der Waals surface area (Å²) in [6.07, 6.45) is 31.7. The van der Waals surface area contributed by atoms with Crippen molar-refractivity contribution in [2.75, 3.05) is 0 Å². The molecule has 0 spiro atoms. The van der Waals surface area contributed by atoms with Crippen molar-refractivity contribution in [1.82, 2.24) is 0 Å². The summed E-state index contributed by atoms with van der Waals surface area (Å²) in [5, 5.41) is 0. The van der Waals surface area contributed by atoms with E-state index in [1.807, 2.05) is 0 Å². The van der Waals surface area contributed by atoms with Crippen LogP contribution >= 0.6 is 0 Å². The van der Waals surface area contributed by atoms with Crippen molar-refractivity contribution in [2.24, 2.45) is 35.5 Å². The summed E-state index contributed by atoms with van der Waals surface area (Å²) in [5.74, 6) is 6.72. The van der Waals surface area contributed by atoms with E-state index in [9.17, 15) is 0 Å². The van der Waals surface area contributed by atoms with E-state index in [0.717, 1.165) is 35.5 Å². The molecule has 4 saturated carbocycles. The molecule has 0 bridgehead atoms. The zero-order chi connectivity index (χ0) is 21.5. The third kappa shape index (κ3) is 7.30. The van der Waals surface area contributed by atoms with E-state index in [-0.39, 0.29) is 17.1 Å². The van der Waals surface area contributed by atoms with Gasteiger partial charge in [0.25, 0.3) is 0 Å². The van der Waals surface area contributed by atoms with Gasteiger partial charge in [0.2, 0.25) is 0 Å². The van der Waals surface area contributed by atoms with Gasteiger partial charge >= 0.3 is 204 Å². The summed E-state index contributed by atoms with van der Waals surface area (Å²) >= 11 is -0.309. The molecule has 4 aliphatic rings. The van der Waals surface area contributed by atoms with E-state index in [1.165, 1.54) is 34.7 Å². The second-order valence-electron chi connectivity index (χ2n) is 12.9. The Morgan fingerprint density at radius 1 is 0.419 bits per heavy atom. The van der Waals surface area contributed by atoms with Gasteiger partial charge in [0.05, 0.1) is 0 Å². The molecule has 0 atom stereocenters. The van der Waals surface area contributed by atoms with Crippen molar-refractivity contribution in [2.45, 2.75) is 151 Å². The minimum atomic E-state index is -0.309. The molecule has 0 heterocycles. The van der Waals surface area contributed by atoms with Crippen LogP contribution in [0, 0.1) is 35.5 Å². The molecule has 0 aliphatic heterocycles. The molecule has 4 aliphatic carbocycles. The van der Waals surface area contributed by atoms with Gasteiger partial charge in [-0.15, -0.1) is 0 Å². The van der Waals surface area contributed by atoms with Gasteiger partial charge in [0.1, 0.15) is 0 Å². The normalized spacial score (nSPS) is 42.1. The monoisotopic (exact) mass is 478 g/mol.